The Morgan fingerprint density at radius 1 is 0.652 bits per heavy atom. The molecular formula is C22H37Cl. The van der Waals surface area contributed by atoms with E-state index in [2.05, 4.69) is 20.8 Å². The van der Waals surface area contributed by atoms with Crippen molar-refractivity contribution in [1.29, 1.82) is 0 Å². The molecule has 0 nitrogen and oxygen atoms in total. The van der Waals surface area contributed by atoms with Crippen molar-refractivity contribution in [3.05, 3.63) is 0 Å². The van der Waals surface area contributed by atoms with Gasteiger partial charge < -0.3 is 0 Å². The molecule has 0 spiro atoms. The summed E-state index contributed by atoms with van der Waals surface area (Å²) in [5.74, 6) is 9.13. The summed E-state index contributed by atoms with van der Waals surface area (Å²) in [5.41, 5.74) is 0. The van der Waals surface area contributed by atoms with Gasteiger partial charge in [0.05, 0.1) is 0 Å². The Morgan fingerprint density at radius 2 is 1.22 bits per heavy atom. The van der Waals surface area contributed by atoms with Crippen molar-refractivity contribution in [1.82, 2.24) is 0 Å². The highest BCUT2D eigenvalue weighted by Crippen LogP contribution is 2.60. The third-order valence-corrected chi connectivity index (χ3v) is 9.23. The highest BCUT2D eigenvalue weighted by molar-refractivity contribution is 6.20. The molecule has 9 atom stereocenters. The molecule has 4 saturated carbocycles. The predicted molar refractivity (Wildman–Crippen MR) is 99.6 cm³/mol. The van der Waals surface area contributed by atoms with Crippen molar-refractivity contribution in [2.45, 2.75) is 83.9 Å². The zero-order valence-electron chi connectivity index (χ0n) is 15.5. The van der Waals surface area contributed by atoms with E-state index in [-0.39, 0.29) is 0 Å². The van der Waals surface area contributed by atoms with E-state index in [9.17, 15) is 0 Å². The number of fused-ring (bicyclic) bond motifs is 5. The second-order valence-electron chi connectivity index (χ2n) is 9.97. The van der Waals surface area contributed by atoms with Gasteiger partial charge in [0.1, 0.15) is 0 Å². The Balaban J connectivity index is 1.46. The molecule has 0 aromatic heterocycles. The fraction of sp³-hybridized carbons (Fsp3) is 1.00. The zero-order valence-corrected chi connectivity index (χ0v) is 16.3. The normalized spacial score (nSPS) is 51.0. The van der Waals surface area contributed by atoms with Crippen LogP contribution in [0.25, 0.3) is 0 Å². The number of halogens is 1. The first-order valence-electron chi connectivity index (χ1n) is 10.7. The lowest BCUT2D eigenvalue weighted by molar-refractivity contribution is -0.0381. The molecule has 4 aliphatic carbocycles. The van der Waals surface area contributed by atoms with Crippen molar-refractivity contribution in [2.75, 3.05) is 0 Å². The monoisotopic (exact) mass is 336 g/mol. The summed E-state index contributed by atoms with van der Waals surface area (Å²) in [6.45, 7) is 7.16. The second-order valence-corrected chi connectivity index (χ2v) is 10.7. The lowest BCUT2D eigenvalue weighted by Crippen LogP contribution is -2.45. The van der Waals surface area contributed by atoms with Gasteiger partial charge in [-0.15, -0.1) is 11.6 Å². The topological polar surface area (TPSA) is 0 Å². The number of rotatable bonds is 2. The molecule has 0 aliphatic heterocycles. The molecule has 23 heavy (non-hydrogen) atoms. The highest BCUT2D eigenvalue weighted by Gasteiger charge is 2.52. The van der Waals surface area contributed by atoms with Crippen LogP contribution in [0, 0.1) is 53.3 Å². The minimum atomic E-state index is 0.402. The van der Waals surface area contributed by atoms with E-state index >= 15 is 0 Å². The van der Waals surface area contributed by atoms with Crippen molar-refractivity contribution >= 4 is 11.6 Å². The lowest BCUT2D eigenvalue weighted by Gasteiger charge is -2.53. The quantitative estimate of drug-likeness (QED) is 0.488. The smallest absolute Gasteiger partial charge is 0.0338 e. The van der Waals surface area contributed by atoms with Crippen LogP contribution < -0.4 is 0 Å². The summed E-state index contributed by atoms with van der Waals surface area (Å²) >= 11 is 6.54. The first kappa shape index (κ1) is 16.7. The average Bonchev–Trinajstić information content (AvgIpc) is 2.98. The van der Waals surface area contributed by atoms with Crippen LogP contribution >= 0.6 is 11.6 Å². The number of hydrogen-bond donors (Lipinski definition) is 0. The Hall–Kier alpha value is 0.290. The van der Waals surface area contributed by atoms with E-state index in [0.717, 1.165) is 53.3 Å². The maximum atomic E-state index is 6.54. The van der Waals surface area contributed by atoms with Crippen LogP contribution in [0.15, 0.2) is 0 Å². The van der Waals surface area contributed by atoms with E-state index < -0.39 is 0 Å². The van der Waals surface area contributed by atoms with Gasteiger partial charge in [-0.05, 0) is 118 Å². The summed E-state index contributed by atoms with van der Waals surface area (Å²) in [5, 5.41) is 0.402. The van der Waals surface area contributed by atoms with E-state index in [1.807, 2.05) is 0 Å². The summed E-state index contributed by atoms with van der Waals surface area (Å²) < 4.78 is 0. The second kappa shape index (κ2) is 6.54. The average molecular weight is 337 g/mol. The maximum Gasteiger partial charge on any atom is 0.0338 e. The van der Waals surface area contributed by atoms with Crippen LogP contribution in [0.2, 0.25) is 0 Å². The standard InChI is InChI=1S/C22H37Cl/c1-13(2)15-4-6-18-16(12-15)5-7-21-20(18)11-10-19-17(14(3)23)8-9-22(19)21/h13-22H,4-12H2,1-3H3. The van der Waals surface area contributed by atoms with E-state index in [1.54, 1.807) is 32.1 Å². The van der Waals surface area contributed by atoms with Gasteiger partial charge in [-0.1, -0.05) is 13.8 Å². The van der Waals surface area contributed by atoms with Crippen LogP contribution in [0.4, 0.5) is 0 Å². The summed E-state index contributed by atoms with van der Waals surface area (Å²) in [6, 6.07) is 0. The van der Waals surface area contributed by atoms with Crippen molar-refractivity contribution in [2.24, 2.45) is 53.3 Å². The minimum Gasteiger partial charge on any atom is -0.123 e. The van der Waals surface area contributed by atoms with Gasteiger partial charge in [-0.3, -0.25) is 0 Å². The molecule has 4 aliphatic rings. The molecule has 0 N–H and O–H groups in total. The highest BCUT2D eigenvalue weighted by atomic mass is 35.5. The molecule has 9 unspecified atom stereocenters. The first-order chi connectivity index (χ1) is 11.1. The molecule has 1 heteroatoms. The van der Waals surface area contributed by atoms with E-state index in [0.29, 0.717) is 5.38 Å². The SMILES string of the molecule is CC(C)C1CCC2C(CCC3C2CCC2C(C(C)Cl)CCC23)C1. The predicted octanol–water partition coefficient (Wildman–Crippen LogP) is 6.76. The Morgan fingerprint density at radius 3 is 1.96 bits per heavy atom. The van der Waals surface area contributed by atoms with Crippen molar-refractivity contribution in [3.63, 3.8) is 0 Å². The van der Waals surface area contributed by atoms with Crippen LogP contribution in [-0.2, 0) is 0 Å². The minimum absolute atomic E-state index is 0.402. The molecule has 0 aromatic rings. The van der Waals surface area contributed by atoms with Gasteiger partial charge >= 0.3 is 0 Å². The summed E-state index contributed by atoms with van der Waals surface area (Å²) in [4.78, 5) is 0. The third-order valence-electron chi connectivity index (χ3n) is 8.90. The van der Waals surface area contributed by atoms with Gasteiger partial charge in [0, 0.05) is 5.38 Å². The molecule has 4 fully saturated rings. The Bertz CT molecular complexity index is 414. The third kappa shape index (κ3) is 2.90. The van der Waals surface area contributed by atoms with Crippen molar-refractivity contribution < 1.29 is 0 Å². The Kier molecular flexibility index (Phi) is 4.76. The number of hydrogen-bond acceptors (Lipinski definition) is 0. The largest absolute Gasteiger partial charge is 0.123 e. The van der Waals surface area contributed by atoms with Crippen LogP contribution in [0.1, 0.15) is 78.6 Å². The van der Waals surface area contributed by atoms with Crippen LogP contribution in [0.5, 0.6) is 0 Å². The fourth-order valence-corrected chi connectivity index (χ4v) is 8.08. The molecule has 0 bridgehead atoms. The summed E-state index contributed by atoms with van der Waals surface area (Å²) in [7, 11) is 0. The summed E-state index contributed by atoms with van der Waals surface area (Å²) in [6.07, 6.45) is 13.7. The van der Waals surface area contributed by atoms with Gasteiger partial charge in [0.25, 0.3) is 0 Å². The molecular weight excluding hydrogens is 300 g/mol. The van der Waals surface area contributed by atoms with Gasteiger partial charge in [0.2, 0.25) is 0 Å². The molecule has 132 valence electrons. The molecule has 0 saturated heterocycles. The molecule has 4 rings (SSSR count). The van der Waals surface area contributed by atoms with Crippen LogP contribution in [0.3, 0.4) is 0 Å². The van der Waals surface area contributed by atoms with Gasteiger partial charge in [-0.2, -0.15) is 0 Å². The lowest BCUT2D eigenvalue weighted by atomic mass is 9.52. The van der Waals surface area contributed by atoms with E-state index in [4.69, 9.17) is 11.6 Å². The van der Waals surface area contributed by atoms with Gasteiger partial charge in [0.15, 0.2) is 0 Å². The van der Waals surface area contributed by atoms with E-state index in [1.165, 1.54) is 25.7 Å². The first-order valence-corrected chi connectivity index (χ1v) is 11.1. The van der Waals surface area contributed by atoms with Crippen molar-refractivity contribution in [3.8, 4) is 0 Å². The maximum absolute atomic E-state index is 6.54. The molecule has 0 radical (unpaired) electrons. The Labute approximate surface area is 149 Å². The zero-order chi connectivity index (χ0) is 16.1. The fourth-order valence-electron chi connectivity index (χ4n) is 7.77. The van der Waals surface area contributed by atoms with Crippen LogP contribution in [-0.4, -0.2) is 5.38 Å². The molecule has 0 aromatic carbocycles. The molecule has 0 amide bonds. The molecule has 0 heterocycles. The number of alkyl halides is 1. The van der Waals surface area contributed by atoms with Gasteiger partial charge in [-0.25, -0.2) is 0 Å².